The van der Waals surface area contributed by atoms with E-state index in [1.165, 1.54) is 33.3 Å². The Bertz CT molecular complexity index is 897. The van der Waals surface area contributed by atoms with Crippen LogP contribution in [-0.2, 0) is 12.8 Å². The molecule has 2 heterocycles. The lowest BCUT2D eigenvalue weighted by atomic mass is 9.90. The molecule has 4 heteroatoms. The van der Waals surface area contributed by atoms with E-state index in [2.05, 4.69) is 82.2 Å². The predicted molar refractivity (Wildman–Crippen MR) is 108 cm³/mol. The molecular weight excluding hydrogens is 374 g/mol. The quantitative estimate of drug-likeness (QED) is 0.690. The van der Waals surface area contributed by atoms with Crippen molar-refractivity contribution in [2.75, 3.05) is 13.6 Å². The van der Waals surface area contributed by atoms with Gasteiger partial charge >= 0.3 is 0 Å². The van der Waals surface area contributed by atoms with Gasteiger partial charge in [0.15, 0.2) is 0 Å². The lowest BCUT2D eigenvalue weighted by Crippen LogP contribution is -2.44. The highest BCUT2D eigenvalue weighted by Crippen LogP contribution is 2.36. The molecule has 3 nitrogen and oxygen atoms in total. The average molecular weight is 398 g/mol. The Balaban J connectivity index is 1.70. The standard InChI is InChI=1S/C21H24BrN3/c1-13-3-5-14(6-4-13)11-18(23)21-20-16(9-10-25(21)2)17-12-15(22)7-8-19(17)24-20/h3-8,12,18,21,24H,9-11,23H2,1-2H3/t18?,21-/m0/s1. The monoisotopic (exact) mass is 397 g/mol. The molecule has 4 rings (SSSR count). The van der Waals surface area contributed by atoms with Crippen LogP contribution in [0.25, 0.3) is 10.9 Å². The number of hydrogen-bond acceptors (Lipinski definition) is 2. The molecule has 0 amide bonds. The van der Waals surface area contributed by atoms with Crippen LogP contribution in [0.15, 0.2) is 46.9 Å². The van der Waals surface area contributed by atoms with Crippen LogP contribution in [0.1, 0.15) is 28.4 Å². The molecular formula is C21H24BrN3. The van der Waals surface area contributed by atoms with Crippen LogP contribution in [-0.4, -0.2) is 29.5 Å². The molecule has 130 valence electrons. The van der Waals surface area contributed by atoms with Crippen molar-refractivity contribution < 1.29 is 0 Å². The van der Waals surface area contributed by atoms with Crippen molar-refractivity contribution >= 4 is 26.8 Å². The first-order chi connectivity index (χ1) is 12.0. The fourth-order valence-corrected chi connectivity index (χ4v) is 4.42. The molecule has 0 saturated carbocycles. The Kier molecular flexibility index (Phi) is 4.44. The second kappa shape index (κ2) is 6.60. The number of nitrogens with one attached hydrogen (secondary N) is 1. The van der Waals surface area contributed by atoms with E-state index in [0.717, 1.165) is 23.9 Å². The molecule has 1 unspecified atom stereocenters. The number of hydrogen-bond donors (Lipinski definition) is 2. The van der Waals surface area contributed by atoms with Crippen LogP contribution < -0.4 is 5.73 Å². The third-order valence-corrected chi connectivity index (χ3v) is 5.88. The Hall–Kier alpha value is -1.62. The molecule has 0 spiro atoms. The van der Waals surface area contributed by atoms with Gasteiger partial charge in [-0.1, -0.05) is 45.8 Å². The Morgan fingerprint density at radius 1 is 1.24 bits per heavy atom. The highest BCUT2D eigenvalue weighted by molar-refractivity contribution is 9.10. The Labute approximate surface area is 157 Å². The summed E-state index contributed by atoms with van der Waals surface area (Å²) in [7, 11) is 2.18. The fourth-order valence-electron chi connectivity index (χ4n) is 4.06. The van der Waals surface area contributed by atoms with Crippen molar-refractivity contribution in [1.29, 1.82) is 0 Å². The minimum absolute atomic E-state index is 0.0586. The normalized spacial score (nSPS) is 19.1. The topological polar surface area (TPSA) is 45.1 Å². The van der Waals surface area contributed by atoms with Gasteiger partial charge in [0.25, 0.3) is 0 Å². The summed E-state index contributed by atoms with van der Waals surface area (Å²) in [4.78, 5) is 6.05. The second-order valence-electron chi connectivity index (χ2n) is 7.24. The zero-order chi connectivity index (χ0) is 17.6. The Morgan fingerprint density at radius 3 is 2.76 bits per heavy atom. The minimum atomic E-state index is 0.0586. The van der Waals surface area contributed by atoms with Gasteiger partial charge in [0, 0.05) is 33.7 Å². The minimum Gasteiger partial charge on any atom is -0.357 e. The van der Waals surface area contributed by atoms with E-state index in [9.17, 15) is 0 Å². The number of H-pyrrole nitrogens is 1. The summed E-state index contributed by atoms with van der Waals surface area (Å²) < 4.78 is 1.13. The molecule has 0 fully saturated rings. The molecule has 2 aromatic carbocycles. The summed E-state index contributed by atoms with van der Waals surface area (Å²) in [6, 6.07) is 15.5. The van der Waals surface area contributed by atoms with Gasteiger partial charge in [0.05, 0.1) is 6.04 Å². The zero-order valence-corrected chi connectivity index (χ0v) is 16.3. The van der Waals surface area contributed by atoms with Crippen molar-refractivity contribution in [3.05, 3.63) is 69.3 Å². The first-order valence-corrected chi connectivity index (χ1v) is 9.63. The maximum Gasteiger partial charge on any atom is 0.0655 e. The molecule has 1 aliphatic heterocycles. The summed E-state index contributed by atoms with van der Waals surface area (Å²) >= 11 is 3.60. The highest BCUT2D eigenvalue weighted by Gasteiger charge is 2.32. The number of benzene rings is 2. The van der Waals surface area contributed by atoms with Gasteiger partial charge < -0.3 is 10.7 Å². The molecule has 25 heavy (non-hydrogen) atoms. The van der Waals surface area contributed by atoms with Crippen molar-refractivity contribution in [2.45, 2.75) is 31.8 Å². The third kappa shape index (κ3) is 3.14. The van der Waals surface area contributed by atoms with Crippen LogP contribution in [0.3, 0.4) is 0 Å². The van der Waals surface area contributed by atoms with E-state index in [1.54, 1.807) is 0 Å². The highest BCUT2D eigenvalue weighted by atomic mass is 79.9. The number of rotatable bonds is 3. The predicted octanol–water partition coefficient (Wildman–Crippen LogP) is 4.34. The number of aromatic nitrogens is 1. The third-order valence-electron chi connectivity index (χ3n) is 5.38. The van der Waals surface area contributed by atoms with Gasteiger partial charge in [-0.15, -0.1) is 0 Å². The molecule has 2 atom stereocenters. The van der Waals surface area contributed by atoms with Gasteiger partial charge in [0.1, 0.15) is 0 Å². The van der Waals surface area contributed by atoms with E-state index >= 15 is 0 Å². The number of halogens is 1. The van der Waals surface area contributed by atoms with Crippen molar-refractivity contribution in [1.82, 2.24) is 9.88 Å². The van der Waals surface area contributed by atoms with E-state index in [0.29, 0.717) is 0 Å². The van der Waals surface area contributed by atoms with E-state index in [1.807, 2.05) is 0 Å². The summed E-state index contributed by atoms with van der Waals surface area (Å²) in [6.45, 7) is 3.16. The van der Waals surface area contributed by atoms with Crippen LogP contribution in [0.4, 0.5) is 0 Å². The molecule has 3 N–H and O–H groups in total. The molecule has 3 aromatic rings. The van der Waals surface area contributed by atoms with Gasteiger partial charge in [-0.3, -0.25) is 4.90 Å². The Morgan fingerprint density at radius 2 is 2.00 bits per heavy atom. The lowest BCUT2D eigenvalue weighted by Gasteiger charge is -2.36. The first kappa shape index (κ1) is 16.8. The van der Waals surface area contributed by atoms with Crippen LogP contribution in [0, 0.1) is 6.92 Å². The number of likely N-dealkylation sites (N-methyl/N-ethyl adjacent to an activating group) is 1. The summed E-state index contributed by atoms with van der Waals surface area (Å²) in [5.41, 5.74) is 13.2. The van der Waals surface area contributed by atoms with Crippen molar-refractivity contribution in [2.24, 2.45) is 5.73 Å². The van der Waals surface area contributed by atoms with Gasteiger partial charge in [0.2, 0.25) is 0 Å². The number of aryl methyl sites for hydroxylation is 1. The van der Waals surface area contributed by atoms with Crippen molar-refractivity contribution in [3.63, 3.8) is 0 Å². The molecule has 0 aliphatic carbocycles. The van der Waals surface area contributed by atoms with Crippen LogP contribution >= 0.6 is 15.9 Å². The summed E-state index contributed by atoms with van der Waals surface area (Å²) in [6.07, 6.45) is 1.95. The molecule has 0 saturated heterocycles. The maximum absolute atomic E-state index is 6.70. The molecule has 0 bridgehead atoms. The van der Waals surface area contributed by atoms with Gasteiger partial charge in [-0.2, -0.15) is 0 Å². The SMILES string of the molecule is Cc1ccc(CC(N)[C@H]2c3[nH]c4ccc(Br)cc4c3CCN2C)cc1. The first-order valence-electron chi connectivity index (χ1n) is 8.84. The van der Waals surface area contributed by atoms with E-state index in [-0.39, 0.29) is 12.1 Å². The van der Waals surface area contributed by atoms with Gasteiger partial charge in [-0.25, -0.2) is 0 Å². The second-order valence-corrected chi connectivity index (χ2v) is 8.15. The number of nitrogens with two attached hydrogens (primary N) is 1. The number of fused-ring (bicyclic) bond motifs is 3. The lowest BCUT2D eigenvalue weighted by molar-refractivity contribution is 0.195. The smallest absolute Gasteiger partial charge is 0.0655 e. The fraction of sp³-hybridized carbons (Fsp3) is 0.333. The molecule has 0 radical (unpaired) electrons. The summed E-state index contributed by atoms with van der Waals surface area (Å²) in [5.74, 6) is 0. The molecule has 1 aliphatic rings. The van der Waals surface area contributed by atoms with E-state index in [4.69, 9.17) is 5.73 Å². The van der Waals surface area contributed by atoms with Crippen molar-refractivity contribution in [3.8, 4) is 0 Å². The number of aromatic amines is 1. The summed E-state index contributed by atoms with van der Waals surface area (Å²) in [5, 5.41) is 1.32. The molecule has 1 aromatic heterocycles. The average Bonchev–Trinajstić information content (AvgIpc) is 2.94. The van der Waals surface area contributed by atoms with Gasteiger partial charge in [-0.05, 0) is 56.1 Å². The van der Waals surface area contributed by atoms with Crippen LogP contribution in [0.2, 0.25) is 0 Å². The zero-order valence-electron chi connectivity index (χ0n) is 14.7. The number of nitrogens with zero attached hydrogens (tertiary/aromatic N) is 1. The maximum atomic E-state index is 6.70. The largest absolute Gasteiger partial charge is 0.357 e. The van der Waals surface area contributed by atoms with Crippen LogP contribution in [0.5, 0.6) is 0 Å². The van der Waals surface area contributed by atoms with E-state index < -0.39 is 0 Å².